The quantitative estimate of drug-likeness (QED) is 0.757. The van der Waals surface area contributed by atoms with Crippen molar-refractivity contribution in [2.45, 2.75) is 31.6 Å². The number of aryl methyl sites for hydroxylation is 2. The summed E-state index contributed by atoms with van der Waals surface area (Å²) in [6, 6.07) is 13.6. The lowest BCUT2D eigenvalue weighted by molar-refractivity contribution is -0.117. The molecule has 25 heavy (non-hydrogen) atoms. The van der Waals surface area contributed by atoms with Crippen LogP contribution in [0.1, 0.15) is 24.0 Å². The standard InChI is InChI=1S/C20H22N2O2S/c1-13-3-10-18(14(2)11-13)22-19(23)12-25-17-8-6-16(7-9-17)21-20(24)15-4-5-15/h3,6-11,15H,4-5,12H2,1-2H3,(H,21,24)(H,22,23). The number of nitrogens with one attached hydrogen (secondary N) is 2. The van der Waals surface area contributed by atoms with Gasteiger partial charge in [-0.1, -0.05) is 17.7 Å². The topological polar surface area (TPSA) is 58.2 Å². The van der Waals surface area contributed by atoms with Crippen molar-refractivity contribution in [3.05, 3.63) is 53.6 Å². The zero-order valence-electron chi connectivity index (χ0n) is 14.5. The molecule has 0 radical (unpaired) electrons. The summed E-state index contributed by atoms with van der Waals surface area (Å²) >= 11 is 1.48. The monoisotopic (exact) mass is 354 g/mol. The van der Waals surface area contributed by atoms with Crippen molar-refractivity contribution in [1.29, 1.82) is 0 Å². The molecule has 4 nitrogen and oxygen atoms in total. The molecule has 1 fully saturated rings. The van der Waals surface area contributed by atoms with Crippen LogP contribution in [0.2, 0.25) is 0 Å². The molecule has 0 atom stereocenters. The third-order valence-electron chi connectivity index (χ3n) is 4.10. The van der Waals surface area contributed by atoms with Gasteiger partial charge in [0.25, 0.3) is 0 Å². The van der Waals surface area contributed by atoms with E-state index in [4.69, 9.17) is 0 Å². The molecular weight excluding hydrogens is 332 g/mol. The van der Waals surface area contributed by atoms with E-state index in [9.17, 15) is 9.59 Å². The van der Waals surface area contributed by atoms with E-state index in [0.29, 0.717) is 5.75 Å². The van der Waals surface area contributed by atoms with Gasteiger partial charge >= 0.3 is 0 Å². The van der Waals surface area contributed by atoms with E-state index in [1.54, 1.807) is 0 Å². The number of thioether (sulfide) groups is 1. The maximum atomic E-state index is 12.1. The molecule has 1 saturated carbocycles. The number of anilines is 2. The highest BCUT2D eigenvalue weighted by Crippen LogP contribution is 2.30. The van der Waals surface area contributed by atoms with E-state index in [2.05, 4.69) is 16.7 Å². The zero-order valence-corrected chi connectivity index (χ0v) is 15.3. The lowest BCUT2D eigenvalue weighted by Gasteiger charge is -2.09. The number of hydrogen-bond donors (Lipinski definition) is 2. The predicted molar refractivity (Wildman–Crippen MR) is 103 cm³/mol. The summed E-state index contributed by atoms with van der Waals surface area (Å²) in [6.45, 7) is 4.02. The lowest BCUT2D eigenvalue weighted by Crippen LogP contribution is -2.15. The fourth-order valence-electron chi connectivity index (χ4n) is 2.51. The summed E-state index contributed by atoms with van der Waals surface area (Å²) in [4.78, 5) is 24.9. The van der Waals surface area contributed by atoms with E-state index in [1.807, 2.05) is 50.2 Å². The minimum atomic E-state index is -0.0249. The predicted octanol–water partition coefficient (Wildman–Crippen LogP) is 4.38. The first-order valence-electron chi connectivity index (χ1n) is 8.42. The zero-order chi connectivity index (χ0) is 17.8. The van der Waals surface area contributed by atoms with Crippen LogP contribution in [0, 0.1) is 19.8 Å². The Morgan fingerprint density at radius 3 is 2.40 bits per heavy atom. The van der Waals surface area contributed by atoms with E-state index in [-0.39, 0.29) is 17.7 Å². The number of benzene rings is 2. The van der Waals surface area contributed by atoms with Crippen LogP contribution in [-0.2, 0) is 9.59 Å². The summed E-state index contributed by atoms with van der Waals surface area (Å²) in [7, 11) is 0. The van der Waals surface area contributed by atoms with Crippen LogP contribution in [0.5, 0.6) is 0 Å². The van der Waals surface area contributed by atoms with Crippen molar-refractivity contribution < 1.29 is 9.59 Å². The Labute approximate surface area is 152 Å². The third-order valence-corrected chi connectivity index (χ3v) is 5.11. The van der Waals surface area contributed by atoms with Gasteiger partial charge in [0, 0.05) is 22.2 Å². The van der Waals surface area contributed by atoms with Crippen LogP contribution in [0.15, 0.2) is 47.4 Å². The molecule has 5 heteroatoms. The van der Waals surface area contributed by atoms with Crippen LogP contribution in [0.3, 0.4) is 0 Å². The fourth-order valence-corrected chi connectivity index (χ4v) is 3.21. The first-order chi connectivity index (χ1) is 12.0. The van der Waals surface area contributed by atoms with Gasteiger partial charge in [-0.2, -0.15) is 0 Å². The SMILES string of the molecule is Cc1ccc(NC(=O)CSc2ccc(NC(=O)C3CC3)cc2)c(C)c1. The fraction of sp³-hybridized carbons (Fsp3) is 0.300. The minimum absolute atomic E-state index is 0.0249. The molecule has 1 aliphatic rings. The second kappa shape index (κ2) is 7.74. The van der Waals surface area contributed by atoms with Crippen molar-refractivity contribution in [2.24, 2.45) is 5.92 Å². The van der Waals surface area contributed by atoms with Crippen LogP contribution >= 0.6 is 11.8 Å². The van der Waals surface area contributed by atoms with Gasteiger partial charge in [0.15, 0.2) is 0 Å². The second-order valence-corrected chi connectivity index (χ2v) is 7.49. The summed E-state index contributed by atoms with van der Waals surface area (Å²) in [5.74, 6) is 0.625. The average Bonchev–Trinajstić information content (AvgIpc) is 3.42. The molecule has 2 aromatic rings. The van der Waals surface area contributed by atoms with Crippen molar-refractivity contribution in [3.63, 3.8) is 0 Å². The van der Waals surface area contributed by atoms with Gasteiger partial charge in [0.2, 0.25) is 11.8 Å². The first-order valence-corrected chi connectivity index (χ1v) is 9.40. The number of rotatable bonds is 6. The maximum absolute atomic E-state index is 12.1. The Morgan fingerprint density at radius 2 is 1.76 bits per heavy atom. The van der Waals surface area contributed by atoms with Gasteiger partial charge in [-0.15, -0.1) is 11.8 Å². The summed E-state index contributed by atoms with van der Waals surface area (Å²) in [5.41, 5.74) is 3.91. The van der Waals surface area contributed by atoms with Crippen LogP contribution in [0.4, 0.5) is 11.4 Å². The molecule has 130 valence electrons. The van der Waals surface area contributed by atoms with Crippen molar-refractivity contribution >= 4 is 35.0 Å². The van der Waals surface area contributed by atoms with Crippen LogP contribution < -0.4 is 10.6 Å². The summed E-state index contributed by atoms with van der Waals surface area (Å²) < 4.78 is 0. The molecule has 0 bridgehead atoms. The Morgan fingerprint density at radius 1 is 1.04 bits per heavy atom. The second-order valence-electron chi connectivity index (χ2n) is 6.44. The molecule has 0 aliphatic heterocycles. The molecule has 2 N–H and O–H groups in total. The maximum Gasteiger partial charge on any atom is 0.234 e. The molecule has 0 aromatic heterocycles. The van der Waals surface area contributed by atoms with Crippen molar-refractivity contribution in [1.82, 2.24) is 0 Å². The normalized spacial score (nSPS) is 13.4. The number of carbonyl (C=O) groups excluding carboxylic acids is 2. The Bertz CT molecular complexity index is 783. The average molecular weight is 354 g/mol. The van der Waals surface area contributed by atoms with E-state index < -0.39 is 0 Å². The van der Waals surface area contributed by atoms with Crippen LogP contribution in [0.25, 0.3) is 0 Å². The third kappa shape index (κ3) is 5.10. The summed E-state index contributed by atoms with van der Waals surface area (Å²) in [6.07, 6.45) is 1.99. The van der Waals surface area contributed by atoms with Crippen LogP contribution in [-0.4, -0.2) is 17.6 Å². The number of hydrogen-bond acceptors (Lipinski definition) is 3. The van der Waals surface area contributed by atoms with E-state index in [0.717, 1.165) is 34.7 Å². The molecule has 0 saturated heterocycles. The van der Waals surface area contributed by atoms with Gasteiger partial charge in [-0.3, -0.25) is 9.59 Å². The Hall–Kier alpha value is -2.27. The molecule has 2 aromatic carbocycles. The molecular formula is C20H22N2O2S. The van der Waals surface area contributed by atoms with Gasteiger partial charge in [-0.05, 0) is 62.6 Å². The van der Waals surface area contributed by atoms with Gasteiger partial charge < -0.3 is 10.6 Å². The highest BCUT2D eigenvalue weighted by molar-refractivity contribution is 8.00. The molecule has 1 aliphatic carbocycles. The Balaban J connectivity index is 1.49. The van der Waals surface area contributed by atoms with Gasteiger partial charge in [-0.25, -0.2) is 0 Å². The largest absolute Gasteiger partial charge is 0.326 e. The Kier molecular flexibility index (Phi) is 5.43. The molecule has 3 rings (SSSR count). The molecule has 0 unspecified atom stereocenters. The first kappa shape index (κ1) is 17.5. The van der Waals surface area contributed by atoms with Gasteiger partial charge in [0.1, 0.15) is 0 Å². The number of amides is 2. The highest BCUT2D eigenvalue weighted by atomic mass is 32.2. The highest BCUT2D eigenvalue weighted by Gasteiger charge is 2.29. The van der Waals surface area contributed by atoms with E-state index in [1.165, 1.54) is 17.3 Å². The lowest BCUT2D eigenvalue weighted by atomic mass is 10.1. The van der Waals surface area contributed by atoms with Crippen molar-refractivity contribution in [2.75, 3.05) is 16.4 Å². The van der Waals surface area contributed by atoms with E-state index >= 15 is 0 Å². The molecule has 2 amide bonds. The smallest absolute Gasteiger partial charge is 0.234 e. The molecule has 0 heterocycles. The van der Waals surface area contributed by atoms with Crippen molar-refractivity contribution in [3.8, 4) is 0 Å². The van der Waals surface area contributed by atoms with Gasteiger partial charge in [0.05, 0.1) is 5.75 Å². The molecule has 0 spiro atoms. The number of carbonyl (C=O) groups is 2. The summed E-state index contributed by atoms with van der Waals surface area (Å²) in [5, 5.41) is 5.86. The minimum Gasteiger partial charge on any atom is -0.326 e.